The van der Waals surface area contributed by atoms with Crippen LogP contribution in [0.15, 0.2) is 209 Å². The normalized spacial score (nSPS) is 23.8. The van der Waals surface area contributed by atoms with E-state index in [1.807, 2.05) is 11.3 Å². The summed E-state index contributed by atoms with van der Waals surface area (Å²) in [6.07, 6.45) is 35.9. The maximum Gasteiger partial charge on any atom is 0.138 e. The highest BCUT2D eigenvalue weighted by Gasteiger charge is 2.46. The smallest absolute Gasteiger partial charge is 0.138 e. The summed E-state index contributed by atoms with van der Waals surface area (Å²) < 4.78 is 9.29. The molecule has 8 aliphatic rings. The van der Waals surface area contributed by atoms with Crippen molar-refractivity contribution in [3.05, 3.63) is 261 Å². The topological polar surface area (TPSA) is 16.4 Å². The van der Waals surface area contributed by atoms with Crippen molar-refractivity contribution in [2.75, 3.05) is 4.90 Å². The summed E-state index contributed by atoms with van der Waals surface area (Å²) >= 11 is 1.90. The number of allylic oxidation sites excluding steroid dienone is 17. The van der Waals surface area contributed by atoms with E-state index in [0.29, 0.717) is 11.8 Å². The van der Waals surface area contributed by atoms with Gasteiger partial charge in [-0.2, -0.15) is 0 Å². The number of anilines is 1. The molecule has 2 aromatic heterocycles. The molecule has 4 unspecified atom stereocenters. The van der Waals surface area contributed by atoms with Gasteiger partial charge in [0.1, 0.15) is 11.5 Å². The van der Waals surface area contributed by atoms with E-state index in [-0.39, 0.29) is 11.3 Å². The highest BCUT2D eigenvalue weighted by molar-refractivity contribution is 7.25. The zero-order valence-corrected chi connectivity index (χ0v) is 39.7. The lowest BCUT2D eigenvalue weighted by Gasteiger charge is -2.33. The van der Waals surface area contributed by atoms with Crippen LogP contribution in [0, 0.1) is 17.8 Å². The second-order valence-electron chi connectivity index (χ2n) is 20.5. The average Bonchev–Trinajstić information content (AvgIpc) is 4.15. The standard InChI is InChI=1S/C66H51NOS/c1-66(46-30-35-63-55(39-46)51-17-8-10-21-62(51)69-63)57-31-27-44(38-56(57)64-48-15-6-5-12-41(48)26-32-58(64)66)45-29-34-60-54(37-45)53-36-43(28-33-59(53)67(60)47-13-3-2-4-14-47)40-22-24-42(25-23-40)49-18-11-19-52-50-16-7-9-20-61(50)68-65(49)52/h2-8,10,12-18,21-27,29-32,34-36,38-39,41,48,54H,9,11,19-20,28,33,37H2,1H3. The fraction of sp³-hybridized carbons (Fsp3) is 0.182. The van der Waals surface area contributed by atoms with Crippen molar-refractivity contribution in [1.29, 1.82) is 0 Å². The molecule has 0 amide bonds. The first-order chi connectivity index (χ1) is 34.1. The van der Waals surface area contributed by atoms with E-state index in [2.05, 4.69) is 200 Å². The molecule has 0 fully saturated rings. The van der Waals surface area contributed by atoms with Crippen LogP contribution in [0.1, 0.15) is 95.1 Å². The molecule has 3 heterocycles. The van der Waals surface area contributed by atoms with E-state index in [1.54, 1.807) is 0 Å². The van der Waals surface area contributed by atoms with Crippen LogP contribution in [-0.2, 0) is 18.3 Å². The maximum absolute atomic E-state index is 6.58. The Morgan fingerprint density at radius 2 is 1.54 bits per heavy atom. The number of para-hydroxylation sites is 1. The van der Waals surface area contributed by atoms with E-state index in [1.165, 1.54) is 115 Å². The molecule has 7 aliphatic carbocycles. The summed E-state index contributed by atoms with van der Waals surface area (Å²) in [5, 5.41) is 2.72. The summed E-state index contributed by atoms with van der Waals surface area (Å²) in [5.41, 5.74) is 23.2. The van der Waals surface area contributed by atoms with Crippen molar-refractivity contribution in [2.24, 2.45) is 17.8 Å². The summed E-state index contributed by atoms with van der Waals surface area (Å²) in [6, 6.07) is 44.2. The van der Waals surface area contributed by atoms with Gasteiger partial charge in [0.15, 0.2) is 0 Å². The van der Waals surface area contributed by atoms with Crippen molar-refractivity contribution in [1.82, 2.24) is 0 Å². The molecule has 4 atom stereocenters. The zero-order valence-electron chi connectivity index (χ0n) is 38.8. The molecule has 332 valence electrons. The van der Waals surface area contributed by atoms with E-state index >= 15 is 0 Å². The van der Waals surface area contributed by atoms with Crippen LogP contribution < -0.4 is 4.90 Å². The molecule has 7 aromatic rings. The molecule has 0 spiro atoms. The number of benzene rings is 5. The van der Waals surface area contributed by atoms with Gasteiger partial charge in [-0.1, -0.05) is 146 Å². The van der Waals surface area contributed by atoms with E-state index in [4.69, 9.17) is 4.42 Å². The summed E-state index contributed by atoms with van der Waals surface area (Å²) in [6.45, 7) is 2.49. The van der Waals surface area contributed by atoms with Gasteiger partial charge in [0, 0.05) is 83.5 Å². The molecule has 3 heteroatoms. The largest absolute Gasteiger partial charge is 0.460 e. The number of hydrogen-bond acceptors (Lipinski definition) is 3. The third kappa shape index (κ3) is 5.90. The Bertz CT molecular complexity index is 3710. The van der Waals surface area contributed by atoms with E-state index < -0.39 is 0 Å². The van der Waals surface area contributed by atoms with Crippen LogP contribution in [0.5, 0.6) is 0 Å². The first-order valence-corrected chi connectivity index (χ1v) is 26.1. The van der Waals surface area contributed by atoms with E-state index in [0.717, 1.165) is 56.5 Å². The SMILES string of the molecule is CC1(c2ccc3sc4ccccc4c3c2)C2=C(c3cc(C4=CC=C5C(C4)C4=C(CCC(c6ccc(C7=CCCc8c7oc7c8C=CCC7)cc6)=C4)N5c4ccccc4)ccc31)C1C=CC=CC1C=C2. The second kappa shape index (κ2) is 15.1. The fourth-order valence-corrected chi connectivity index (χ4v) is 14.6. The third-order valence-corrected chi connectivity index (χ3v) is 18.1. The zero-order chi connectivity index (χ0) is 45.4. The Labute approximate surface area is 408 Å². The number of hydrogen-bond donors (Lipinski definition) is 0. The Morgan fingerprint density at radius 3 is 2.46 bits per heavy atom. The highest BCUT2D eigenvalue weighted by atomic mass is 32.1. The summed E-state index contributed by atoms with van der Waals surface area (Å²) in [7, 11) is 0. The minimum atomic E-state index is -0.278. The highest BCUT2D eigenvalue weighted by Crippen LogP contribution is 2.58. The minimum absolute atomic E-state index is 0.272. The van der Waals surface area contributed by atoms with Crippen LogP contribution in [0.4, 0.5) is 5.69 Å². The predicted molar refractivity (Wildman–Crippen MR) is 289 cm³/mol. The van der Waals surface area contributed by atoms with Gasteiger partial charge in [-0.15, -0.1) is 11.3 Å². The molecule has 5 aromatic carbocycles. The molecule has 0 saturated heterocycles. The Balaban J connectivity index is 0.797. The molecule has 15 rings (SSSR count). The molecule has 0 N–H and O–H groups in total. The molecule has 2 nitrogen and oxygen atoms in total. The number of rotatable bonds is 5. The van der Waals surface area contributed by atoms with Gasteiger partial charge in [-0.3, -0.25) is 0 Å². The second-order valence-corrected chi connectivity index (χ2v) is 21.5. The number of aryl methyl sites for hydroxylation is 1. The number of thiophene rings is 1. The van der Waals surface area contributed by atoms with Gasteiger partial charge in [-0.25, -0.2) is 0 Å². The lowest BCUT2D eigenvalue weighted by atomic mass is 9.70. The molecular weight excluding hydrogens is 855 g/mol. The Morgan fingerprint density at radius 1 is 0.696 bits per heavy atom. The van der Waals surface area contributed by atoms with Crippen molar-refractivity contribution in [3.63, 3.8) is 0 Å². The van der Waals surface area contributed by atoms with Crippen LogP contribution in [0.25, 0.3) is 48.5 Å². The van der Waals surface area contributed by atoms with Gasteiger partial charge in [-0.05, 0) is 149 Å². The van der Waals surface area contributed by atoms with Crippen molar-refractivity contribution >= 4 is 65.6 Å². The first kappa shape index (κ1) is 39.8. The lowest BCUT2D eigenvalue weighted by Crippen LogP contribution is -2.25. The molecule has 0 radical (unpaired) electrons. The molecule has 0 bridgehead atoms. The Hall–Kier alpha value is -7.20. The first-order valence-electron chi connectivity index (χ1n) is 25.2. The summed E-state index contributed by atoms with van der Waals surface area (Å²) in [5.74, 6) is 3.20. The number of furan rings is 1. The van der Waals surface area contributed by atoms with Gasteiger partial charge < -0.3 is 9.32 Å². The van der Waals surface area contributed by atoms with Gasteiger partial charge in [0.05, 0.1) is 0 Å². The summed E-state index contributed by atoms with van der Waals surface area (Å²) in [4.78, 5) is 2.59. The molecule has 0 saturated carbocycles. The third-order valence-electron chi connectivity index (χ3n) is 16.9. The maximum atomic E-state index is 6.58. The number of nitrogens with zero attached hydrogens (tertiary/aromatic N) is 1. The van der Waals surface area contributed by atoms with Gasteiger partial charge in [0.25, 0.3) is 0 Å². The van der Waals surface area contributed by atoms with Crippen molar-refractivity contribution in [2.45, 2.75) is 57.3 Å². The quantitative estimate of drug-likeness (QED) is 0.171. The van der Waals surface area contributed by atoms with Crippen molar-refractivity contribution < 1.29 is 4.42 Å². The van der Waals surface area contributed by atoms with Crippen LogP contribution in [0.3, 0.4) is 0 Å². The monoisotopic (exact) mass is 905 g/mol. The number of fused-ring (bicyclic) bond motifs is 12. The molecule has 1 aliphatic heterocycles. The molecule has 69 heavy (non-hydrogen) atoms. The van der Waals surface area contributed by atoms with Crippen LogP contribution in [0.2, 0.25) is 0 Å². The minimum Gasteiger partial charge on any atom is -0.460 e. The fourth-order valence-electron chi connectivity index (χ4n) is 13.5. The van der Waals surface area contributed by atoms with Gasteiger partial charge in [0.2, 0.25) is 0 Å². The van der Waals surface area contributed by atoms with Gasteiger partial charge >= 0.3 is 0 Å². The van der Waals surface area contributed by atoms with Crippen LogP contribution >= 0.6 is 11.3 Å². The van der Waals surface area contributed by atoms with Crippen LogP contribution in [-0.4, -0.2) is 0 Å². The predicted octanol–water partition coefficient (Wildman–Crippen LogP) is 16.9. The van der Waals surface area contributed by atoms with E-state index in [9.17, 15) is 0 Å². The average molecular weight is 906 g/mol. The molecular formula is C66H51NOS. The van der Waals surface area contributed by atoms with Crippen molar-refractivity contribution in [3.8, 4) is 0 Å². The lowest BCUT2D eigenvalue weighted by molar-refractivity contribution is 0.493. The Kier molecular flexibility index (Phi) is 8.73.